The zero-order chi connectivity index (χ0) is 13.9. The molecule has 3 nitrogen and oxygen atoms in total. The lowest BCUT2D eigenvalue weighted by Crippen LogP contribution is -2.55. The molecule has 0 saturated carbocycles. The van der Waals surface area contributed by atoms with Crippen LogP contribution in [0.1, 0.15) is 31.7 Å². The van der Waals surface area contributed by atoms with Gasteiger partial charge in [0.1, 0.15) is 5.82 Å². The summed E-state index contributed by atoms with van der Waals surface area (Å²) in [5.41, 5.74) is 3.11. The highest BCUT2D eigenvalue weighted by atomic mass is 79.9. The maximum absolute atomic E-state index is 13.8. The summed E-state index contributed by atoms with van der Waals surface area (Å²) in [5.74, 6) is 5.45. The average Bonchev–Trinajstić information content (AvgIpc) is 2.40. The first kappa shape index (κ1) is 14.9. The first-order chi connectivity index (χ1) is 9.05. The summed E-state index contributed by atoms with van der Waals surface area (Å²) in [4.78, 5) is 0. The molecule has 0 aromatic heterocycles. The van der Waals surface area contributed by atoms with Crippen LogP contribution in [-0.4, -0.2) is 18.2 Å². The fourth-order valence-corrected chi connectivity index (χ4v) is 3.01. The molecule has 0 aliphatic carbocycles. The Morgan fingerprint density at radius 2 is 2.32 bits per heavy atom. The molecular weight excluding hydrogens is 311 g/mol. The van der Waals surface area contributed by atoms with Gasteiger partial charge in [-0.2, -0.15) is 0 Å². The molecule has 1 fully saturated rings. The summed E-state index contributed by atoms with van der Waals surface area (Å²) in [7, 11) is 0. The van der Waals surface area contributed by atoms with E-state index in [1.54, 1.807) is 12.1 Å². The Hall–Kier alpha value is -0.490. The quantitative estimate of drug-likeness (QED) is 0.659. The molecule has 3 N–H and O–H groups in total. The fourth-order valence-electron chi connectivity index (χ4n) is 2.60. The van der Waals surface area contributed by atoms with E-state index in [2.05, 4.69) is 21.4 Å². The van der Waals surface area contributed by atoms with Gasteiger partial charge in [-0.3, -0.25) is 11.3 Å². The van der Waals surface area contributed by atoms with Crippen molar-refractivity contribution in [1.29, 1.82) is 0 Å². The van der Waals surface area contributed by atoms with Crippen molar-refractivity contribution in [3.63, 3.8) is 0 Å². The summed E-state index contributed by atoms with van der Waals surface area (Å²) in [6.07, 6.45) is 3.66. The van der Waals surface area contributed by atoms with Crippen LogP contribution >= 0.6 is 15.9 Å². The number of hydrazine groups is 1. The van der Waals surface area contributed by atoms with Gasteiger partial charge in [-0.1, -0.05) is 15.9 Å². The highest BCUT2D eigenvalue weighted by Gasteiger charge is 2.36. The van der Waals surface area contributed by atoms with E-state index < -0.39 is 0 Å². The molecule has 0 bridgehead atoms. The van der Waals surface area contributed by atoms with E-state index >= 15 is 0 Å². The van der Waals surface area contributed by atoms with Crippen LogP contribution in [-0.2, 0) is 11.2 Å². The van der Waals surface area contributed by atoms with Crippen LogP contribution in [0.3, 0.4) is 0 Å². The van der Waals surface area contributed by atoms with E-state index in [9.17, 15) is 4.39 Å². The van der Waals surface area contributed by atoms with Crippen molar-refractivity contribution in [3.8, 4) is 0 Å². The van der Waals surface area contributed by atoms with E-state index in [1.807, 2.05) is 6.92 Å². The second-order valence-electron chi connectivity index (χ2n) is 5.28. The van der Waals surface area contributed by atoms with Crippen molar-refractivity contribution in [2.75, 3.05) is 6.61 Å². The second kappa shape index (κ2) is 6.31. The minimum absolute atomic E-state index is 0.100. The van der Waals surface area contributed by atoms with Gasteiger partial charge in [-0.05, 0) is 56.4 Å². The molecule has 0 amide bonds. The summed E-state index contributed by atoms with van der Waals surface area (Å²) >= 11 is 3.37. The molecule has 106 valence electrons. The summed E-state index contributed by atoms with van der Waals surface area (Å²) < 4.78 is 20.6. The van der Waals surface area contributed by atoms with Crippen LogP contribution < -0.4 is 11.3 Å². The van der Waals surface area contributed by atoms with Crippen LogP contribution in [0.5, 0.6) is 0 Å². The van der Waals surface area contributed by atoms with Crippen molar-refractivity contribution in [2.45, 2.75) is 44.2 Å². The second-order valence-corrected chi connectivity index (χ2v) is 6.19. The van der Waals surface area contributed by atoms with Crippen LogP contribution in [0.4, 0.5) is 4.39 Å². The fraction of sp³-hybridized carbons (Fsp3) is 0.571. The third-order valence-corrected chi connectivity index (χ3v) is 4.36. The Morgan fingerprint density at radius 3 is 2.95 bits per heavy atom. The van der Waals surface area contributed by atoms with Crippen molar-refractivity contribution in [2.24, 2.45) is 5.84 Å². The monoisotopic (exact) mass is 330 g/mol. The molecule has 1 aromatic rings. The van der Waals surface area contributed by atoms with Crippen LogP contribution in [0.15, 0.2) is 22.7 Å². The zero-order valence-corrected chi connectivity index (χ0v) is 12.7. The number of hydrogen-bond acceptors (Lipinski definition) is 3. The Morgan fingerprint density at radius 1 is 1.53 bits per heavy atom. The van der Waals surface area contributed by atoms with Gasteiger partial charge in [0, 0.05) is 11.1 Å². The zero-order valence-electron chi connectivity index (χ0n) is 11.1. The smallest absolute Gasteiger partial charge is 0.126 e. The number of ether oxygens (including phenoxy) is 1. The number of nitrogens with one attached hydrogen (secondary N) is 1. The Bertz CT molecular complexity index is 435. The largest absolute Gasteiger partial charge is 0.374 e. The molecule has 1 saturated heterocycles. The van der Waals surface area contributed by atoms with Gasteiger partial charge in [-0.25, -0.2) is 4.39 Å². The number of nitrogens with two attached hydrogens (primary N) is 1. The van der Waals surface area contributed by atoms with Crippen LogP contribution in [0.25, 0.3) is 0 Å². The van der Waals surface area contributed by atoms with E-state index in [0.29, 0.717) is 12.0 Å². The molecule has 0 spiro atoms. The minimum atomic E-state index is -0.332. The molecule has 19 heavy (non-hydrogen) atoms. The molecule has 1 heterocycles. The number of rotatable bonds is 4. The molecule has 1 aliphatic heterocycles. The van der Waals surface area contributed by atoms with E-state index in [-0.39, 0.29) is 17.5 Å². The minimum Gasteiger partial charge on any atom is -0.374 e. The standard InChI is InChI=1S/C14H20BrFN2O/c1-14(6-2-3-7-19-14)13(18-17)9-10-8-11(15)4-5-12(10)16/h4-5,8,13,18H,2-3,6-7,9,17H2,1H3. The first-order valence-corrected chi connectivity index (χ1v) is 7.38. The molecule has 2 unspecified atom stereocenters. The number of benzene rings is 1. The third-order valence-electron chi connectivity index (χ3n) is 3.87. The van der Waals surface area contributed by atoms with E-state index in [1.165, 1.54) is 6.07 Å². The predicted molar refractivity (Wildman–Crippen MR) is 77.1 cm³/mol. The third kappa shape index (κ3) is 3.54. The van der Waals surface area contributed by atoms with Gasteiger partial charge in [0.05, 0.1) is 11.6 Å². The first-order valence-electron chi connectivity index (χ1n) is 6.59. The summed E-state index contributed by atoms with van der Waals surface area (Å²) in [6, 6.07) is 4.86. The maximum atomic E-state index is 13.8. The van der Waals surface area contributed by atoms with Gasteiger partial charge in [0.25, 0.3) is 0 Å². The molecule has 2 atom stereocenters. The number of hydrogen-bond donors (Lipinski definition) is 2. The Kier molecular flexibility index (Phi) is 4.95. The van der Waals surface area contributed by atoms with Gasteiger partial charge < -0.3 is 4.74 Å². The van der Waals surface area contributed by atoms with Crippen molar-refractivity contribution < 1.29 is 9.13 Å². The molecule has 5 heteroatoms. The average molecular weight is 331 g/mol. The normalized spacial score (nSPS) is 25.3. The van der Waals surface area contributed by atoms with Crippen molar-refractivity contribution in [3.05, 3.63) is 34.1 Å². The van der Waals surface area contributed by atoms with Crippen molar-refractivity contribution >= 4 is 15.9 Å². The summed E-state index contributed by atoms with van der Waals surface area (Å²) in [6.45, 7) is 2.79. The molecule has 2 rings (SSSR count). The van der Waals surface area contributed by atoms with Crippen LogP contribution in [0.2, 0.25) is 0 Å². The molecular formula is C14H20BrFN2O. The Balaban J connectivity index is 2.16. The summed E-state index contributed by atoms with van der Waals surface area (Å²) in [5, 5.41) is 0. The topological polar surface area (TPSA) is 47.3 Å². The van der Waals surface area contributed by atoms with Crippen LogP contribution in [0, 0.1) is 5.82 Å². The highest BCUT2D eigenvalue weighted by Crippen LogP contribution is 2.30. The molecule has 0 radical (unpaired) electrons. The van der Waals surface area contributed by atoms with Gasteiger partial charge in [-0.15, -0.1) is 0 Å². The predicted octanol–water partition coefficient (Wildman–Crippen LogP) is 2.92. The molecule has 1 aliphatic rings. The highest BCUT2D eigenvalue weighted by molar-refractivity contribution is 9.10. The Labute approximate surface area is 121 Å². The number of halogens is 2. The maximum Gasteiger partial charge on any atom is 0.126 e. The van der Waals surface area contributed by atoms with E-state index in [0.717, 1.165) is 30.3 Å². The lowest BCUT2D eigenvalue weighted by molar-refractivity contribution is -0.0885. The van der Waals surface area contributed by atoms with Gasteiger partial charge in [0.2, 0.25) is 0 Å². The van der Waals surface area contributed by atoms with E-state index in [4.69, 9.17) is 10.6 Å². The lowest BCUT2D eigenvalue weighted by atomic mass is 9.85. The van der Waals surface area contributed by atoms with Crippen molar-refractivity contribution in [1.82, 2.24) is 5.43 Å². The lowest BCUT2D eigenvalue weighted by Gasteiger charge is -2.40. The van der Waals surface area contributed by atoms with Gasteiger partial charge >= 0.3 is 0 Å². The SMILES string of the molecule is CC1(C(Cc2cc(Br)ccc2F)NN)CCCCO1. The molecule has 1 aromatic carbocycles. The van der Waals surface area contributed by atoms with Gasteiger partial charge in [0.15, 0.2) is 0 Å².